The molecule has 0 saturated heterocycles. The van der Waals surface area contributed by atoms with E-state index in [9.17, 15) is 14.7 Å². The number of benzene rings is 1. The lowest BCUT2D eigenvalue weighted by molar-refractivity contribution is -0.142. The molecule has 1 fully saturated rings. The van der Waals surface area contributed by atoms with Crippen molar-refractivity contribution in [1.29, 1.82) is 0 Å². The highest BCUT2D eigenvalue weighted by molar-refractivity contribution is 5.85. The number of rotatable bonds is 3. The van der Waals surface area contributed by atoms with Gasteiger partial charge in [0.2, 0.25) is 5.91 Å². The molecule has 1 aliphatic heterocycles. The molecule has 0 aromatic heterocycles. The van der Waals surface area contributed by atoms with E-state index in [1.54, 1.807) is 4.90 Å². The third kappa shape index (κ3) is 2.33. The van der Waals surface area contributed by atoms with Crippen LogP contribution in [0.25, 0.3) is 0 Å². The number of aliphatic carboxylic acids is 1. The Hall–Kier alpha value is -1.84. The first-order chi connectivity index (χ1) is 9.96. The fraction of sp³-hybridized carbons (Fsp3) is 0.529. The topological polar surface area (TPSA) is 57.6 Å². The van der Waals surface area contributed by atoms with Crippen molar-refractivity contribution in [2.45, 2.75) is 39.2 Å². The maximum absolute atomic E-state index is 12.6. The van der Waals surface area contributed by atoms with Crippen LogP contribution in [0.1, 0.15) is 43.7 Å². The number of carboxylic acids is 1. The Morgan fingerprint density at radius 1 is 1.38 bits per heavy atom. The zero-order valence-corrected chi connectivity index (χ0v) is 12.5. The Bertz CT molecular complexity index is 597. The van der Waals surface area contributed by atoms with Crippen LogP contribution in [0.5, 0.6) is 0 Å². The average Bonchev–Trinajstić information content (AvgIpc) is 3.18. The van der Waals surface area contributed by atoms with Crippen LogP contribution in [0.4, 0.5) is 0 Å². The molecule has 21 heavy (non-hydrogen) atoms. The van der Waals surface area contributed by atoms with E-state index in [2.05, 4.69) is 13.8 Å². The second-order valence-electron chi connectivity index (χ2n) is 6.57. The number of carbonyl (C=O) groups is 2. The summed E-state index contributed by atoms with van der Waals surface area (Å²) in [5, 5.41) is 9.45. The van der Waals surface area contributed by atoms with Gasteiger partial charge in [0.05, 0.1) is 5.92 Å². The van der Waals surface area contributed by atoms with Gasteiger partial charge < -0.3 is 10.0 Å². The van der Waals surface area contributed by atoms with E-state index in [0.717, 1.165) is 24.0 Å². The molecule has 1 aromatic rings. The second kappa shape index (κ2) is 4.86. The second-order valence-corrected chi connectivity index (χ2v) is 6.57. The first-order valence-electron chi connectivity index (χ1n) is 7.55. The summed E-state index contributed by atoms with van der Waals surface area (Å²) in [4.78, 5) is 25.9. The molecular weight excluding hydrogens is 266 g/mol. The van der Waals surface area contributed by atoms with Crippen molar-refractivity contribution in [3.63, 3.8) is 0 Å². The highest BCUT2D eigenvalue weighted by Crippen LogP contribution is 2.55. The number of hydrogen-bond acceptors (Lipinski definition) is 2. The van der Waals surface area contributed by atoms with E-state index >= 15 is 0 Å². The number of nitrogens with zero attached hydrogens (tertiary/aromatic N) is 1. The molecule has 1 heterocycles. The summed E-state index contributed by atoms with van der Waals surface area (Å²) >= 11 is 0. The van der Waals surface area contributed by atoms with Crippen molar-refractivity contribution in [1.82, 2.24) is 4.90 Å². The standard InChI is InChI=1S/C17H21NO3/c1-3-17(2)8-14(17)15(19)18-9-11-6-4-5-7-12(11)13(10-18)16(20)21/h4-7,13-14H,3,8-10H2,1-2H3,(H,20,21). The summed E-state index contributed by atoms with van der Waals surface area (Å²) < 4.78 is 0. The largest absolute Gasteiger partial charge is 0.481 e. The van der Waals surface area contributed by atoms with Crippen LogP contribution in [0, 0.1) is 11.3 Å². The molecule has 3 atom stereocenters. The van der Waals surface area contributed by atoms with Gasteiger partial charge in [-0.1, -0.05) is 38.1 Å². The van der Waals surface area contributed by atoms with Gasteiger partial charge in [-0.2, -0.15) is 0 Å². The molecule has 0 bridgehead atoms. The Labute approximate surface area is 124 Å². The maximum Gasteiger partial charge on any atom is 0.312 e. The third-order valence-corrected chi connectivity index (χ3v) is 5.26. The van der Waals surface area contributed by atoms with Gasteiger partial charge >= 0.3 is 5.97 Å². The van der Waals surface area contributed by atoms with Gasteiger partial charge in [0.25, 0.3) is 0 Å². The van der Waals surface area contributed by atoms with Crippen molar-refractivity contribution < 1.29 is 14.7 Å². The Balaban J connectivity index is 1.84. The molecule has 1 amide bonds. The van der Waals surface area contributed by atoms with Gasteiger partial charge in [0.1, 0.15) is 0 Å². The van der Waals surface area contributed by atoms with E-state index in [0.29, 0.717) is 13.1 Å². The monoisotopic (exact) mass is 287 g/mol. The van der Waals surface area contributed by atoms with Crippen LogP contribution in [0.2, 0.25) is 0 Å². The third-order valence-electron chi connectivity index (χ3n) is 5.26. The van der Waals surface area contributed by atoms with Gasteiger partial charge in [-0.05, 0) is 29.4 Å². The lowest BCUT2D eigenvalue weighted by atomic mass is 9.89. The summed E-state index contributed by atoms with van der Waals surface area (Å²) in [5.74, 6) is -1.26. The molecule has 3 unspecified atom stereocenters. The number of hydrogen-bond donors (Lipinski definition) is 1. The minimum atomic E-state index is -0.853. The van der Waals surface area contributed by atoms with Crippen LogP contribution in [0.3, 0.4) is 0 Å². The smallest absolute Gasteiger partial charge is 0.312 e. The van der Waals surface area contributed by atoms with Crippen LogP contribution in [0.15, 0.2) is 24.3 Å². The van der Waals surface area contributed by atoms with Crippen molar-refractivity contribution in [3.8, 4) is 0 Å². The van der Waals surface area contributed by atoms with Crippen LogP contribution < -0.4 is 0 Å². The van der Waals surface area contributed by atoms with Gasteiger partial charge in [-0.15, -0.1) is 0 Å². The fourth-order valence-corrected chi connectivity index (χ4v) is 3.39. The lowest BCUT2D eigenvalue weighted by Gasteiger charge is -2.33. The molecule has 0 radical (unpaired) electrons. The first kappa shape index (κ1) is 14.1. The molecule has 1 aromatic carbocycles. The highest BCUT2D eigenvalue weighted by atomic mass is 16.4. The minimum Gasteiger partial charge on any atom is -0.481 e. The molecular formula is C17H21NO3. The quantitative estimate of drug-likeness (QED) is 0.929. The van der Waals surface area contributed by atoms with Crippen LogP contribution in [-0.4, -0.2) is 28.4 Å². The predicted molar refractivity (Wildman–Crippen MR) is 78.7 cm³/mol. The van der Waals surface area contributed by atoms with Crippen LogP contribution in [-0.2, 0) is 16.1 Å². The number of fused-ring (bicyclic) bond motifs is 1. The van der Waals surface area contributed by atoms with Crippen molar-refractivity contribution in [2.24, 2.45) is 11.3 Å². The fourth-order valence-electron chi connectivity index (χ4n) is 3.39. The van der Waals surface area contributed by atoms with E-state index in [-0.39, 0.29) is 17.2 Å². The molecule has 3 rings (SSSR count). The number of carboxylic acid groups (broad SMARTS) is 1. The van der Waals surface area contributed by atoms with Crippen molar-refractivity contribution in [3.05, 3.63) is 35.4 Å². The summed E-state index contributed by atoms with van der Waals surface area (Å²) in [5.41, 5.74) is 1.93. The van der Waals surface area contributed by atoms with E-state index in [4.69, 9.17) is 0 Å². The Kier molecular flexibility index (Phi) is 3.27. The van der Waals surface area contributed by atoms with E-state index in [1.165, 1.54) is 0 Å². The molecule has 1 aliphatic carbocycles. The lowest BCUT2D eigenvalue weighted by Crippen LogP contribution is -2.41. The molecule has 112 valence electrons. The minimum absolute atomic E-state index is 0.0715. The van der Waals surface area contributed by atoms with Gasteiger partial charge in [-0.3, -0.25) is 9.59 Å². The van der Waals surface area contributed by atoms with E-state index < -0.39 is 11.9 Å². The zero-order chi connectivity index (χ0) is 15.2. The molecule has 0 spiro atoms. The van der Waals surface area contributed by atoms with E-state index in [1.807, 2.05) is 24.3 Å². The van der Waals surface area contributed by atoms with Crippen LogP contribution >= 0.6 is 0 Å². The Morgan fingerprint density at radius 3 is 2.71 bits per heavy atom. The zero-order valence-electron chi connectivity index (χ0n) is 12.5. The first-order valence-corrected chi connectivity index (χ1v) is 7.55. The summed E-state index contributed by atoms with van der Waals surface area (Å²) in [6.45, 7) is 5.08. The van der Waals surface area contributed by atoms with Crippen molar-refractivity contribution in [2.75, 3.05) is 6.54 Å². The summed E-state index contributed by atoms with van der Waals surface area (Å²) in [6.07, 6.45) is 1.93. The normalized spacial score (nSPS) is 30.7. The maximum atomic E-state index is 12.6. The van der Waals surface area contributed by atoms with Gasteiger partial charge in [-0.25, -0.2) is 0 Å². The number of amides is 1. The molecule has 2 aliphatic rings. The summed E-state index contributed by atoms with van der Waals surface area (Å²) in [7, 11) is 0. The molecule has 4 nitrogen and oxygen atoms in total. The summed E-state index contributed by atoms with van der Waals surface area (Å²) in [6, 6.07) is 7.56. The SMILES string of the molecule is CCC1(C)CC1C(=O)N1Cc2ccccc2C(C(=O)O)C1. The van der Waals surface area contributed by atoms with Gasteiger partial charge in [0.15, 0.2) is 0 Å². The van der Waals surface area contributed by atoms with Crippen molar-refractivity contribution >= 4 is 11.9 Å². The number of carbonyl (C=O) groups excluding carboxylic acids is 1. The molecule has 1 N–H and O–H groups in total. The molecule has 1 saturated carbocycles. The molecule has 4 heteroatoms. The highest BCUT2D eigenvalue weighted by Gasteiger charge is 2.54. The predicted octanol–water partition coefficient (Wildman–Crippen LogP) is 2.63. The average molecular weight is 287 g/mol. The Morgan fingerprint density at radius 2 is 2.10 bits per heavy atom. The van der Waals surface area contributed by atoms with Gasteiger partial charge in [0, 0.05) is 19.0 Å².